The molecule has 7 heteroatoms. The molecule has 0 bridgehead atoms. The van der Waals surface area contributed by atoms with E-state index >= 15 is 0 Å². The fourth-order valence-electron chi connectivity index (χ4n) is 1.89. The Morgan fingerprint density at radius 3 is 2.94 bits per heavy atom. The van der Waals surface area contributed by atoms with Gasteiger partial charge in [-0.05, 0) is 24.4 Å². The maximum Gasteiger partial charge on any atom is 0.308 e. The minimum absolute atomic E-state index is 0.138. The van der Waals surface area contributed by atoms with Crippen molar-refractivity contribution in [2.45, 2.75) is 19.8 Å². The maximum atomic E-state index is 12.1. The van der Waals surface area contributed by atoms with E-state index in [0.717, 1.165) is 11.5 Å². The Labute approximate surface area is 102 Å². The average Bonchev–Trinajstić information content (AvgIpc) is 2.96. The lowest BCUT2D eigenvalue weighted by Crippen LogP contribution is -2.30. The maximum absolute atomic E-state index is 12.1. The normalized spacial score (nSPS) is 19.6. The zero-order chi connectivity index (χ0) is 12.4. The van der Waals surface area contributed by atoms with Crippen LogP contribution in [0.5, 0.6) is 0 Å². The summed E-state index contributed by atoms with van der Waals surface area (Å²) in [6, 6.07) is 0. The third-order valence-corrected chi connectivity index (χ3v) is 3.67. The van der Waals surface area contributed by atoms with Crippen molar-refractivity contribution in [3.8, 4) is 0 Å². The molecule has 1 aliphatic rings. The number of nitrogens with zero attached hydrogens (tertiary/aromatic N) is 3. The van der Waals surface area contributed by atoms with E-state index in [-0.39, 0.29) is 12.5 Å². The van der Waals surface area contributed by atoms with E-state index in [1.54, 1.807) is 4.90 Å². The van der Waals surface area contributed by atoms with Gasteiger partial charge in [-0.3, -0.25) is 9.59 Å². The van der Waals surface area contributed by atoms with Gasteiger partial charge in [0.25, 0.3) is 5.91 Å². The first kappa shape index (κ1) is 12.0. The summed E-state index contributed by atoms with van der Waals surface area (Å²) in [5.74, 6) is -1.41. The molecule has 1 N–H and O–H groups in total. The molecule has 1 aliphatic heterocycles. The molecule has 1 unspecified atom stereocenters. The topological polar surface area (TPSA) is 83.4 Å². The van der Waals surface area contributed by atoms with E-state index in [1.807, 2.05) is 6.92 Å². The lowest BCUT2D eigenvalue weighted by Gasteiger charge is -2.14. The Kier molecular flexibility index (Phi) is 3.37. The van der Waals surface area contributed by atoms with Crippen LogP contribution in [0, 0.1) is 5.92 Å². The van der Waals surface area contributed by atoms with Gasteiger partial charge in [-0.15, -0.1) is 5.10 Å². The van der Waals surface area contributed by atoms with Gasteiger partial charge in [-0.1, -0.05) is 11.4 Å². The standard InChI is InChI=1S/C10H13N3O3S/c1-2-7-8(17-12-11-7)9(14)13-4-3-6(5-13)10(15)16/h6H,2-5H2,1H3,(H,15,16). The van der Waals surface area contributed by atoms with E-state index in [1.165, 1.54) is 0 Å². The van der Waals surface area contributed by atoms with Gasteiger partial charge >= 0.3 is 5.97 Å². The Morgan fingerprint density at radius 1 is 1.59 bits per heavy atom. The smallest absolute Gasteiger partial charge is 0.308 e. The SMILES string of the molecule is CCc1nnsc1C(=O)N1CCC(C(=O)O)C1. The van der Waals surface area contributed by atoms with E-state index in [0.29, 0.717) is 30.0 Å². The summed E-state index contributed by atoms with van der Waals surface area (Å²) >= 11 is 1.08. The number of carbonyl (C=O) groups excluding carboxylic acids is 1. The first-order valence-electron chi connectivity index (χ1n) is 5.46. The molecule has 17 heavy (non-hydrogen) atoms. The first-order chi connectivity index (χ1) is 8.13. The van der Waals surface area contributed by atoms with Gasteiger partial charge in [0.05, 0.1) is 11.6 Å². The van der Waals surface area contributed by atoms with Crippen molar-refractivity contribution >= 4 is 23.4 Å². The van der Waals surface area contributed by atoms with Crippen LogP contribution in [0.2, 0.25) is 0 Å². The van der Waals surface area contributed by atoms with Gasteiger partial charge in [-0.25, -0.2) is 0 Å². The van der Waals surface area contributed by atoms with Gasteiger partial charge < -0.3 is 10.0 Å². The molecule has 0 radical (unpaired) electrons. The summed E-state index contributed by atoms with van der Waals surface area (Å²) in [7, 11) is 0. The summed E-state index contributed by atoms with van der Waals surface area (Å²) in [6.45, 7) is 2.70. The molecule has 1 aromatic rings. The van der Waals surface area contributed by atoms with Crippen LogP contribution in [0.1, 0.15) is 28.7 Å². The highest BCUT2D eigenvalue weighted by Crippen LogP contribution is 2.21. The van der Waals surface area contributed by atoms with Crippen molar-refractivity contribution < 1.29 is 14.7 Å². The number of carboxylic acids is 1. The summed E-state index contributed by atoms with van der Waals surface area (Å²) in [6.07, 6.45) is 1.18. The van der Waals surface area contributed by atoms with Gasteiger partial charge in [0.15, 0.2) is 0 Å². The highest BCUT2D eigenvalue weighted by atomic mass is 32.1. The number of aromatic nitrogens is 2. The molecule has 1 amide bonds. The number of likely N-dealkylation sites (tertiary alicyclic amines) is 1. The van der Waals surface area contributed by atoms with Crippen molar-refractivity contribution in [3.63, 3.8) is 0 Å². The molecule has 1 atom stereocenters. The third kappa shape index (κ3) is 2.28. The molecule has 2 rings (SSSR count). The minimum atomic E-state index is -0.835. The molecule has 6 nitrogen and oxygen atoms in total. The number of hydrogen-bond donors (Lipinski definition) is 1. The quantitative estimate of drug-likeness (QED) is 0.857. The summed E-state index contributed by atoms with van der Waals surface area (Å²) in [5.41, 5.74) is 0.693. The predicted molar refractivity (Wildman–Crippen MR) is 60.9 cm³/mol. The van der Waals surface area contributed by atoms with Crippen LogP contribution in [-0.2, 0) is 11.2 Å². The zero-order valence-corrected chi connectivity index (χ0v) is 10.2. The van der Waals surface area contributed by atoms with Gasteiger partial charge in [-0.2, -0.15) is 0 Å². The second kappa shape index (κ2) is 4.79. The minimum Gasteiger partial charge on any atom is -0.481 e. The Hall–Kier alpha value is -1.50. The van der Waals surface area contributed by atoms with Crippen molar-refractivity contribution in [3.05, 3.63) is 10.6 Å². The zero-order valence-electron chi connectivity index (χ0n) is 9.42. The van der Waals surface area contributed by atoms with Crippen LogP contribution in [0.15, 0.2) is 0 Å². The average molecular weight is 255 g/mol. The fourth-order valence-corrected chi connectivity index (χ4v) is 2.61. The van der Waals surface area contributed by atoms with E-state index in [9.17, 15) is 9.59 Å². The lowest BCUT2D eigenvalue weighted by molar-refractivity contribution is -0.141. The van der Waals surface area contributed by atoms with Crippen LogP contribution in [0.4, 0.5) is 0 Å². The number of aliphatic carboxylic acids is 1. The number of carboxylic acid groups (broad SMARTS) is 1. The van der Waals surface area contributed by atoms with Crippen molar-refractivity contribution in [1.29, 1.82) is 0 Å². The van der Waals surface area contributed by atoms with Gasteiger partial charge in [0.2, 0.25) is 0 Å². The molecule has 1 fully saturated rings. The van der Waals surface area contributed by atoms with Crippen molar-refractivity contribution in [2.24, 2.45) is 5.92 Å². The predicted octanol–water partition coefficient (Wildman–Crippen LogP) is 0.647. The molecule has 1 aromatic heterocycles. The van der Waals surface area contributed by atoms with Crippen molar-refractivity contribution in [2.75, 3.05) is 13.1 Å². The first-order valence-corrected chi connectivity index (χ1v) is 6.24. The van der Waals surface area contributed by atoms with E-state index in [4.69, 9.17) is 5.11 Å². The number of aryl methyl sites for hydroxylation is 1. The molecule has 0 aromatic carbocycles. The van der Waals surface area contributed by atoms with Crippen LogP contribution in [-0.4, -0.2) is 44.6 Å². The van der Waals surface area contributed by atoms with E-state index in [2.05, 4.69) is 9.59 Å². The highest BCUT2D eigenvalue weighted by molar-refractivity contribution is 7.08. The van der Waals surface area contributed by atoms with Gasteiger partial charge in [0.1, 0.15) is 4.88 Å². The summed E-state index contributed by atoms with van der Waals surface area (Å²) in [5, 5.41) is 12.8. The molecular weight excluding hydrogens is 242 g/mol. The second-order valence-corrected chi connectivity index (χ2v) is 4.73. The Bertz CT molecular complexity index is 446. The number of amides is 1. The number of rotatable bonds is 3. The largest absolute Gasteiger partial charge is 0.481 e. The number of carbonyl (C=O) groups is 2. The second-order valence-electron chi connectivity index (χ2n) is 3.98. The van der Waals surface area contributed by atoms with E-state index < -0.39 is 11.9 Å². The lowest BCUT2D eigenvalue weighted by atomic mass is 10.1. The van der Waals surface area contributed by atoms with Gasteiger partial charge in [0, 0.05) is 13.1 Å². The molecule has 0 saturated carbocycles. The molecule has 2 heterocycles. The Morgan fingerprint density at radius 2 is 2.35 bits per heavy atom. The van der Waals surface area contributed by atoms with Crippen LogP contribution < -0.4 is 0 Å². The highest BCUT2D eigenvalue weighted by Gasteiger charge is 2.32. The van der Waals surface area contributed by atoms with Crippen LogP contribution in [0.25, 0.3) is 0 Å². The molecule has 92 valence electrons. The Balaban J connectivity index is 2.09. The molecule has 0 aliphatic carbocycles. The molecule has 0 spiro atoms. The van der Waals surface area contributed by atoms with Crippen LogP contribution >= 0.6 is 11.5 Å². The fraction of sp³-hybridized carbons (Fsp3) is 0.600. The number of hydrogen-bond acceptors (Lipinski definition) is 5. The third-order valence-electron chi connectivity index (χ3n) is 2.91. The van der Waals surface area contributed by atoms with Crippen LogP contribution in [0.3, 0.4) is 0 Å². The molecular formula is C10H13N3O3S. The van der Waals surface area contributed by atoms with Crippen molar-refractivity contribution in [1.82, 2.24) is 14.5 Å². The summed E-state index contributed by atoms with van der Waals surface area (Å²) in [4.78, 5) is 25.1. The monoisotopic (exact) mass is 255 g/mol. The summed E-state index contributed by atoms with van der Waals surface area (Å²) < 4.78 is 3.77. The molecule has 1 saturated heterocycles.